The predicted molar refractivity (Wildman–Crippen MR) is 47.9 cm³/mol. The quantitative estimate of drug-likeness (QED) is 0.503. The smallest absolute Gasteiger partial charge is 0.143 e. The second-order valence-electron chi connectivity index (χ2n) is 2.50. The van der Waals surface area contributed by atoms with E-state index in [0.717, 1.165) is 12.1 Å². The lowest BCUT2D eigenvalue weighted by molar-refractivity contribution is 0.578. The highest BCUT2D eigenvalue weighted by atomic mass is 19.1. The van der Waals surface area contributed by atoms with Crippen LogP contribution in [0, 0.1) is 34.8 Å². The molecule has 0 aliphatic carbocycles. The molecule has 0 saturated carbocycles. The van der Waals surface area contributed by atoms with Gasteiger partial charge in [0.25, 0.3) is 0 Å². The molecular weight excluding hydrogens is 186 g/mol. The second-order valence-corrected chi connectivity index (χ2v) is 2.50. The average molecular weight is 192 g/mol. The zero-order valence-corrected chi connectivity index (χ0v) is 7.14. The Kier molecular flexibility index (Phi) is 3.04. The third-order valence-corrected chi connectivity index (χ3v) is 1.45. The number of nitrogens with two attached hydrogens (primary N) is 1. The van der Waals surface area contributed by atoms with Gasteiger partial charge in [-0.05, 0) is 12.1 Å². The maximum atomic E-state index is 13.0. The Bertz CT molecular complexity index is 426. The largest absolute Gasteiger partial charge is 0.399 e. The Labute approximate surface area is 80.0 Å². The average Bonchev–Trinajstić information content (AvgIpc) is 2.09. The molecule has 0 unspecified atom stereocenters. The summed E-state index contributed by atoms with van der Waals surface area (Å²) in [6.45, 7) is 0. The molecule has 1 aromatic rings. The Morgan fingerprint density at radius 2 is 1.86 bits per heavy atom. The van der Waals surface area contributed by atoms with Gasteiger partial charge in [-0.2, -0.15) is 5.26 Å². The predicted octanol–water partition coefficient (Wildman–Crippen LogP) is 1.81. The zero-order chi connectivity index (χ0) is 10.6. The van der Waals surface area contributed by atoms with Crippen molar-refractivity contribution in [1.82, 2.24) is 0 Å². The third kappa shape index (κ3) is 2.21. The first-order chi connectivity index (χ1) is 6.65. The Balaban J connectivity index is 3.12. The molecule has 4 heteroatoms. The highest BCUT2D eigenvalue weighted by molar-refractivity contribution is 5.47. The van der Waals surface area contributed by atoms with Crippen LogP contribution in [0.1, 0.15) is 12.0 Å². The minimum absolute atomic E-state index is 0.00540. The van der Waals surface area contributed by atoms with E-state index in [-0.39, 0.29) is 17.7 Å². The van der Waals surface area contributed by atoms with Crippen LogP contribution in [0.3, 0.4) is 0 Å². The molecule has 0 saturated heterocycles. The van der Waals surface area contributed by atoms with Gasteiger partial charge in [0.15, 0.2) is 0 Å². The molecule has 0 aromatic heterocycles. The number of hydrogen-bond acceptors (Lipinski definition) is 2. The van der Waals surface area contributed by atoms with E-state index in [4.69, 9.17) is 11.0 Å². The van der Waals surface area contributed by atoms with E-state index in [2.05, 4.69) is 11.8 Å². The van der Waals surface area contributed by atoms with Crippen LogP contribution in [0.2, 0.25) is 0 Å². The summed E-state index contributed by atoms with van der Waals surface area (Å²) < 4.78 is 26.1. The van der Waals surface area contributed by atoms with Gasteiger partial charge >= 0.3 is 0 Å². The van der Waals surface area contributed by atoms with Crippen molar-refractivity contribution in [3.63, 3.8) is 0 Å². The Morgan fingerprint density at radius 1 is 1.29 bits per heavy atom. The summed E-state index contributed by atoms with van der Waals surface area (Å²) in [6.07, 6.45) is -0.0662. The van der Waals surface area contributed by atoms with Crippen molar-refractivity contribution in [2.75, 3.05) is 5.73 Å². The van der Waals surface area contributed by atoms with Gasteiger partial charge in [0.2, 0.25) is 0 Å². The van der Waals surface area contributed by atoms with Gasteiger partial charge in [-0.1, -0.05) is 11.8 Å². The maximum absolute atomic E-state index is 13.0. The zero-order valence-electron chi connectivity index (χ0n) is 7.14. The molecule has 0 bridgehead atoms. The molecule has 2 nitrogen and oxygen atoms in total. The van der Waals surface area contributed by atoms with E-state index in [1.807, 2.05) is 0 Å². The van der Waals surface area contributed by atoms with Gasteiger partial charge < -0.3 is 5.73 Å². The number of nitriles is 1. The summed E-state index contributed by atoms with van der Waals surface area (Å²) in [6, 6.07) is 3.72. The monoisotopic (exact) mass is 192 g/mol. The van der Waals surface area contributed by atoms with Gasteiger partial charge in [0, 0.05) is 5.69 Å². The molecule has 0 atom stereocenters. The topological polar surface area (TPSA) is 49.8 Å². The standard InChI is InChI=1S/C10H6F2N2/c11-9-5-7(14)6-10(12)8(9)3-1-2-4-13/h5-6H,2,14H2. The van der Waals surface area contributed by atoms with Gasteiger partial charge in [0.05, 0.1) is 18.1 Å². The van der Waals surface area contributed by atoms with Crippen LogP contribution >= 0.6 is 0 Å². The fourth-order valence-electron chi connectivity index (χ4n) is 0.884. The van der Waals surface area contributed by atoms with E-state index in [9.17, 15) is 8.78 Å². The Morgan fingerprint density at radius 3 is 2.36 bits per heavy atom. The van der Waals surface area contributed by atoms with Crippen LogP contribution in [0.15, 0.2) is 12.1 Å². The van der Waals surface area contributed by atoms with E-state index in [1.54, 1.807) is 6.07 Å². The third-order valence-electron chi connectivity index (χ3n) is 1.45. The van der Waals surface area contributed by atoms with Gasteiger partial charge in [-0.25, -0.2) is 8.78 Å². The molecule has 14 heavy (non-hydrogen) atoms. The number of nitrogen functional groups attached to an aromatic ring is 1. The molecule has 0 fully saturated rings. The molecule has 2 N–H and O–H groups in total. The van der Waals surface area contributed by atoms with E-state index >= 15 is 0 Å². The van der Waals surface area contributed by atoms with E-state index < -0.39 is 11.6 Å². The second kappa shape index (κ2) is 4.25. The van der Waals surface area contributed by atoms with E-state index in [0.29, 0.717) is 0 Å². The molecule has 70 valence electrons. The summed E-state index contributed by atoms with van der Waals surface area (Å²) in [5, 5.41) is 8.17. The first-order valence-electron chi connectivity index (χ1n) is 3.75. The van der Waals surface area contributed by atoms with Crippen LogP contribution in [-0.4, -0.2) is 0 Å². The van der Waals surface area contributed by atoms with Gasteiger partial charge in [-0.15, -0.1) is 0 Å². The highest BCUT2D eigenvalue weighted by Gasteiger charge is 2.06. The SMILES string of the molecule is N#CCC#Cc1c(F)cc(N)cc1F. The summed E-state index contributed by atoms with van der Waals surface area (Å²) in [5.41, 5.74) is 4.86. The van der Waals surface area contributed by atoms with Crippen molar-refractivity contribution < 1.29 is 8.78 Å². The lowest BCUT2D eigenvalue weighted by Gasteiger charge is -1.98. The number of halogens is 2. The minimum Gasteiger partial charge on any atom is -0.399 e. The van der Waals surface area contributed by atoms with Gasteiger partial charge in [-0.3, -0.25) is 0 Å². The lowest BCUT2D eigenvalue weighted by atomic mass is 10.2. The molecule has 0 spiro atoms. The van der Waals surface area contributed by atoms with Gasteiger partial charge in [0.1, 0.15) is 11.6 Å². The normalized spacial score (nSPS) is 8.64. The number of hydrogen-bond donors (Lipinski definition) is 1. The fourth-order valence-corrected chi connectivity index (χ4v) is 0.884. The summed E-state index contributed by atoms with van der Waals surface area (Å²) in [7, 11) is 0. The van der Waals surface area contributed by atoms with Crippen LogP contribution in [-0.2, 0) is 0 Å². The molecular formula is C10H6F2N2. The Hall–Kier alpha value is -2.07. The highest BCUT2D eigenvalue weighted by Crippen LogP contribution is 2.15. The first kappa shape index (κ1) is 10.0. The van der Waals surface area contributed by atoms with Crippen LogP contribution in [0.4, 0.5) is 14.5 Å². The molecule has 0 radical (unpaired) electrons. The molecule has 1 rings (SSSR count). The summed E-state index contributed by atoms with van der Waals surface area (Å²) in [4.78, 5) is 0. The number of rotatable bonds is 0. The number of benzene rings is 1. The first-order valence-corrected chi connectivity index (χ1v) is 3.75. The van der Waals surface area contributed by atoms with Crippen molar-refractivity contribution in [2.45, 2.75) is 6.42 Å². The van der Waals surface area contributed by atoms with Crippen LogP contribution < -0.4 is 5.73 Å². The molecule has 0 amide bonds. The van der Waals surface area contributed by atoms with Crippen molar-refractivity contribution in [3.05, 3.63) is 29.3 Å². The van der Waals surface area contributed by atoms with E-state index in [1.165, 1.54) is 0 Å². The summed E-state index contributed by atoms with van der Waals surface area (Å²) in [5.74, 6) is 2.93. The van der Waals surface area contributed by atoms with Crippen molar-refractivity contribution in [1.29, 1.82) is 5.26 Å². The summed E-state index contributed by atoms with van der Waals surface area (Å²) >= 11 is 0. The number of anilines is 1. The fraction of sp³-hybridized carbons (Fsp3) is 0.100. The number of nitrogens with zero attached hydrogens (tertiary/aromatic N) is 1. The lowest BCUT2D eigenvalue weighted by Crippen LogP contribution is -1.94. The van der Waals surface area contributed by atoms with Crippen molar-refractivity contribution in [3.8, 4) is 17.9 Å². The molecule has 0 aliphatic heterocycles. The molecule has 0 aliphatic rings. The maximum Gasteiger partial charge on any atom is 0.143 e. The van der Waals surface area contributed by atoms with Crippen molar-refractivity contribution in [2.24, 2.45) is 0 Å². The molecule has 1 aromatic carbocycles. The van der Waals surface area contributed by atoms with Crippen molar-refractivity contribution >= 4 is 5.69 Å². The molecule has 0 heterocycles. The van der Waals surface area contributed by atoms with Crippen LogP contribution in [0.25, 0.3) is 0 Å². The van der Waals surface area contributed by atoms with Crippen LogP contribution in [0.5, 0.6) is 0 Å². The minimum atomic E-state index is -0.812.